The molecule has 0 bridgehead atoms. The summed E-state index contributed by atoms with van der Waals surface area (Å²) < 4.78 is 0. The van der Waals surface area contributed by atoms with E-state index in [-0.39, 0.29) is 5.84 Å². The van der Waals surface area contributed by atoms with Crippen LogP contribution in [-0.2, 0) is 0 Å². The maximum Gasteiger partial charge on any atom is 0.143 e. The molecule has 0 saturated carbocycles. The zero-order chi connectivity index (χ0) is 12.3. The first-order chi connectivity index (χ1) is 8.15. The van der Waals surface area contributed by atoms with E-state index in [9.17, 15) is 0 Å². The van der Waals surface area contributed by atoms with Gasteiger partial charge in [-0.2, -0.15) is 0 Å². The van der Waals surface area contributed by atoms with E-state index in [0.717, 1.165) is 9.92 Å². The maximum absolute atomic E-state index is 7.21. The molecule has 86 valence electrons. The molecule has 1 aromatic heterocycles. The summed E-state index contributed by atoms with van der Waals surface area (Å²) >= 11 is 7.34. The van der Waals surface area contributed by atoms with E-state index in [2.05, 4.69) is 9.97 Å². The highest BCUT2D eigenvalue weighted by molar-refractivity contribution is 7.99. The molecule has 2 rings (SSSR count). The fourth-order valence-electron chi connectivity index (χ4n) is 1.16. The van der Waals surface area contributed by atoms with Crippen LogP contribution in [0.25, 0.3) is 0 Å². The second-order valence-electron chi connectivity index (χ2n) is 3.21. The van der Waals surface area contributed by atoms with E-state index in [0.29, 0.717) is 10.7 Å². The minimum Gasteiger partial charge on any atom is -0.382 e. The van der Waals surface area contributed by atoms with Gasteiger partial charge < -0.3 is 5.73 Å². The second-order valence-corrected chi connectivity index (χ2v) is 4.74. The maximum atomic E-state index is 7.21. The van der Waals surface area contributed by atoms with E-state index in [1.807, 2.05) is 24.3 Å². The Morgan fingerprint density at radius 1 is 1.29 bits per heavy atom. The van der Waals surface area contributed by atoms with Gasteiger partial charge in [0.1, 0.15) is 16.6 Å². The Morgan fingerprint density at radius 3 is 2.71 bits per heavy atom. The summed E-state index contributed by atoms with van der Waals surface area (Å²) in [5.74, 6) is -0.0863. The molecule has 0 unspecified atom stereocenters. The molecule has 1 aromatic carbocycles. The molecule has 17 heavy (non-hydrogen) atoms. The van der Waals surface area contributed by atoms with Gasteiger partial charge in [0.15, 0.2) is 0 Å². The summed E-state index contributed by atoms with van der Waals surface area (Å²) in [7, 11) is 0. The zero-order valence-electron chi connectivity index (χ0n) is 8.72. The minimum atomic E-state index is -0.0863. The zero-order valence-corrected chi connectivity index (χ0v) is 10.3. The number of nitrogens with two attached hydrogens (primary N) is 1. The Bertz CT molecular complexity index is 541. The van der Waals surface area contributed by atoms with Crippen molar-refractivity contribution in [3.63, 3.8) is 0 Å². The number of benzene rings is 1. The Kier molecular flexibility index (Phi) is 3.61. The smallest absolute Gasteiger partial charge is 0.143 e. The Balaban J connectivity index is 2.16. The Hall–Kier alpha value is -1.59. The predicted molar refractivity (Wildman–Crippen MR) is 68.6 cm³/mol. The van der Waals surface area contributed by atoms with E-state index in [1.165, 1.54) is 18.0 Å². The van der Waals surface area contributed by atoms with Crippen molar-refractivity contribution in [2.24, 2.45) is 5.73 Å². The highest BCUT2D eigenvalue weighted by Crippen LogP contribution is 2.27. The fourth-order valence-corrected chi connectivity index (χ4v) is 2.20. The lowest BCUT2D eigenvalue weighted by molar-refractivity contribution is 1.04. The van der Waals surface area contributed by atoms with E-state index in [1.54, 1.807) is 6.20 Å². The molecule has 0 amide bonds. The van der Waals surface area contributed by atoms with Crippen LogP contribution in [0.1, 0.15) is 5.69 Å². The number of hydrogen-bond acceptors (Lipinski definition) is 4. The van der Waals surface area contributed by atoms with Crippen molar-refractivity contribution in [3.05, 3.63) is 47.4 Å². The molecule has 0 radical (unpaired) electrons. The molecular weight excluding hydrogens is 256 g/mol. The average molecular weight is 265 g/mol. The van der Waals surface area contributed by atoms with Crippen LogP contribution >= 0.6 is 23.4 Å². The van der Waals surface area contributed by atoms with E-state index >= 15 is 0 Å². The van der Waals surface area contributed by atoms with Crippen LogP contribution in [0, 0.1) is 5.41 Å². The van der Waals surface area contributed by atoms with Crippen LogP contribution in [0.2, 0.25) is 5.02 Å². The average Bonchev–Trinajstić information content (AvgIpc) is 2.29. The van der Waals surface area contributed by atoms with Gasteiger partial charge in [0.25, 0.3) is 0 Å². The highest BCUT2D eigenvalue weighted by Gasteiger charge is 2.02. The van der Waals surface area contributed by atoms with Gasteiger partial charge in [0, 0.05) is 9.92 Å². The first-order valence-electron chi connectivity index (χ1n) is 4.75. The Labute approximate surface area is 108 Å². The van der Waals surface area contributed by atoms with Gasteiger partial charge in [0.05, 0.1) is 12.4 Å². The molecule has 0 saturated heterocycles. The first kappa shape index (κ1) is 11.9. The molecule has 0 spiro atoms. The summed E-state index contributed by atoms with van der Waals surface area (Å²) in [6.45, 7) is 0. The molecule has 0 aliphatic rings. The third kappa shape index (κ3) is 3.18. The lowest BCUT2D eigenvalue weighted by Crippen LogP contribution is -2.13. The van der Waals surface area contributed by atoms with Gasteiger partial charge >= 0.3 is 0 Å². The lowest BCUT2D eigenvalue weighted by Gasteiger charge is -2.02. The van der Waals surface area contributed by atoms with Gasteiger partial charge in [0.2, 0.25) is 0 Å². The fraction of sp³-hybridized carbons (Fsp3) is 0. The number of amidine groups is 1. The van der Waals surface area contributed by atoms with Crippen molar-refractivity contribution >= 4 is 29.2 Å². The molecule has 3 N–H and O–H groups in total. The summed E-state index contributed by atoms with van der Waals surface area (Å²) in [6, 6.07) is 7.49. The van der Waals surface area contributed by atoms with Crippen molar-refractivity contribution in [3.8, 4) is 0 Å². The quantitative estimate of drug-likeness (QED) is 0.660. The topological polar surface area (TPSA) is 75.7 Å². The number of hydrogen-bond donors (Lipinski definition) is 2. The van der Waals surface area contributed by atoms with Crippen LogP contribution < -0.4 is 5.73 Å². The molecule has 4 nitrogen and oxygen atoms in total. The van der Waals surface area contributed by atoms with Crippen molar-refractivity contribution in [1.82, 2.24) is 9.97 Å². The van der Waals surface area contributed by atoms with E-state index in [4.69, 9.17) is 22.7 Å². The van der Waals surface area contributed by atoms with Crippen molar-refractivity contribution in [1.29, 1.82) is 5.41 Å². The van der Waals surface area contributed by atoms with Crippen molar-refractivity contribution < 1.29 is 0 Å². The molecule has 0 aliphatic heterocycles. The number of halogens is 1. The molecule has 0 atom stereocenters. The normalized spacial score (nSPS) is 10.2. The third-order valence-corrected chi connectivity index (χ3v) is 3.07. The van der Waals surface area contributed by atoms with Gasteiger partial charge in [-0.3, -0.25) is 5.41 Å². The van der Waals surface area contributed by atoms with Crippen LogP contribution in [0.5, 0.6) is 0 Å². The first-order valence-corrected chi connectivity index (χ1v) is 5.94. The summed E-state index contributed by atoms with van der Waals surface area (Å²) in [5.41, 5.74) is 5.67. The monoisotopic (exact) mass is 264 g/mol. The summed E-state index contributed by atoms with van der Waals surface area (Å²) in [6.07, 6.45) is 3.07. The molecule has 6 heteroatoms. The van der Waals surface area contributed by atoms with Crippen LogP contribution in [0.3, 0.4) is 0 Å². The molecule has 2 aromatic rings. The summed E-state index contributed by atoms with van der Waals surface area (Å²) in [5, 5.41) is 8.62. The van der Waals surface area contributed by atoms with Crippen LogP contribution in [0.15, 0.2) is 46.6 Å². The number of aromatic nitrogens is 2. The number of rotatable bonds is 3. The number of nitrogens with one attached hydrogen (secondary N) is 1. The highest BCUT2D eigenvalue weighted by atomic mass is 35.5. The molecule has 0 fully saturated rings. The van der Waals surface area contributed by atoms with Gasteiger partial charge in [-0.05, 0) is 18.2 Å². The van der Waals surface area contributed by atoms with Gasteiger partial charge in [-0.25, -0.2) is 9.97 Å². The minimum absolute atomic E-state index is 0.0863. The van der Waals surface area contributed by atoms with Gasteiger partial charge in [-0.15, -0.1) is 0 Å². The Morgan fingerprint density at radius 2 is 2.12 bits per heavy atom. The lowest BCUT2D eigenvalue weighted by atomic mass is 10.4. The summed E-state index contributed by atoms with van der Waals surface area (Å²) in [4.78, 5) is 9.18. The third-order valence-electron chi connectivity index (χ3n) is 1.92. The SMILES string of the molecule is N=C(N)c1cnc(Sc2cccc(Cl)c2)cn1. The molecular formula is C11H9ClN4S. The number of nitrogens with zero attached hydrogens (tertiary/aromatic N) is 2. The van der Waals surface area contributed by atoms with Crippen LogP contribution in [-0.4, -0.2) is 15.8 Å². The second kappa shape index (κ2) is 5.16. The standard InChI is InChI=1S/C11H9ClN4S/c12-7-2-1-3-8(4-7)17-10-6-15-9(5-16-10)11(13)14/h1-6H,(H3,13,14). The molecule has 0 aliphatic carbocycles. The predicted octanol–water partition coefficient (Wildman–Crippen LogP) is 2.57. The number of nitrogen functional groups attached to an aromatic ring is 1. The largest absolute Gasteiger partial charge is 0.382 e. The molecule has 1 heterocycles. The van der Waals surface area contributed by atoms with Gasteiger partial charge in [-0.1, -0.05) is 29.4 Å². The van der Waals surface area contributed by atoms with Crippen LogP contribution in [0.4, 0.5) is 0 Å². The van der Waals surface area contributed by atoms with Crippen molar-refractivity contribution in [2.75, 3.05) is 0 Å². The van der Waals surface area contributed by atoms with Crippen molar-refractivity contribution in [2.45, 2.75) is 9.92 Å². The van der Waals surface area contributed by atoms with E-state index < -0.39 is 0 Å².